The molecule has 0 aliphatic carbocycles. The highest BCUT2D eigenvalue weighted by molar-refractivity contribution is 5.95. The first-order valence-corrected chi connectivity index (χ1v) is 8.46. The van der Waals surface area contributed by atoms with E-state index in [1.807, 2.05) is 48.5 Å². The summed E-state index contributed by atoms with van der Waals surface area (Å²) in [5, 5.41) is 14.7. The van der Waals surface area contributed by atoms with Gasteiger partial charge in [0.15, 0.2) is 0 Å². The summed E-state index contributed by atoms with van der Waals surface area (Å²) < 4.78 is 5.75. The lowest BCUT2D eigenvalue weighted by Gasteiger charge is -2.06. The van der Waals surface area contributed by atoms with E-state index in [4.69, 9.17) is 4.74 Å². The van der Waals surface area contributed by atoms with Gasteiger partial charge in [0.25, 0.3) is 11.6 Å². The molecule has 0 heterocycles. The minimum atomic E-state index is -0.555. The molecule has 0 spiro atoms. The number of benzene rings is 3. The third-order valence-electron chi connectivity index (χ3n) is 3.81. The Morgan fingerprint density at radius 3 is 2.61 bits per heavy atom. The van der Waals surface area contributed by atoms with Crippen LogP contribution in [0.25, 0.3) is 0 Å². The Hall–Kier alpha value is -4.00. The van der Waals surface area contributed by atoms with Gasteiger partial charge >= 0.3 is 0 Å². The zero-order valence-electron chi connectivity index (χ0n) is 14.8. The molecule has 0 radical (unpaired) electrons. The van der Waals surface area contributed by atoms with Crippen LogP contribution >= 0.6 is 0 Å². The van der Waals surface area contributed by atoms with Gasteiger partial charge in [0.1, 0.15) is 12.4 Å². The minimum absolute atomic E-state index is 0.153. The van der Waals surface area contributed by atoms with Crippen molar-refractivity contribution in [3.63, 3.8) is 0 Å². The summed E-state index contributed by atoms with van der Waals surface area (Å²) in [6.45, 7) is 0.449. The molecular weight excluding hydrogens is 358 g/mol. The maximum atomic E-state index is 12.1. The van der Waals surface area contributed by atoms with Crippen LogP contribution in [0.1, 0.15) is 21.5 Å². The number of carbonyl (C=O) groups is 1. The highest BCUT2D eigenvalue weighted by atomic mass is 16.6. The Balaban J connectivity index is 1.59. The van der Waals surface area contributed by atoms with E-state index in [0.29, 0.717) is 12.4 Å². The first-order chi connectivity index (χ1) is 13.6. The molecule has 0 atom stereocenters. The zero-order chi connectivity index (χ0) is 19.8. The number of non-ortho nitro benzene ring substituents is 1. The molecule has 28 heavy (non-hydrogen) atoms. The lowest BCUT2D eigenvalue weighted by Crippen LogP contribution is -2.17. The predicted molar refractivity (Wildman–Crippen MR) is 105 cm³/mol. The van der Waals surface area contributed by atoms with Crippen LogP contribution in [0.4, 0.5) is 5.69 Å². The number of nitrogens with zero attached hydrogens (tertiary/aromatic N) is 2. The van der Waals surface area contributed by atoms with Crippen LogP contribution in [0.5, 0.6) is 5.75 Å². The summed E-state index contributed by atoms with van der Waals surface area (Å²) >= 11 is 0. The Labute approximate surface area is 161 Å². The molecule has 3 aromatic rings. The molecule has 140 valence electrons. The molecule has 0 fully saturated rings. The highest BCUT2D eigenvalue weighted by Gasteiger charge is 2.10. The van der Waals surface area contributed by atoms with Crippen molar-refractivity contribution >= 4 is 17.8 Å². The van der Waals surface area contributed by atoms with E-state index in [1.165, 1.54) is 30.5 Å². The number of hydrogen-bond donors (Lipinski definition) is 1. The topological polar surface area (TPSA) is 93.8 Å². The molecule has 0 saturated carbocycles. The molecule has 0 bridgehead atoms. The second-order valence-electron chi connectivity index (χ2n) is 5.85. The number of hydrogen-bond acceptors (Lipinski definition) is 5. The molecule has 7 nitrogen and oxygen atoms in total. The van der Waals surface area contributed by atoms with Crippen molar-refractivity contribution in [1.29, 1.82) is 0 Å². The number of amides is 1. The average molecular weight is 375 g/mol. The Morgan fingerprint density at radius 2 is 1.82 bits per heavy atom. The molecule has 3 rings (SSSR count). The fourth-order valence-electron chi connectivity index (χ4n) is 2.42. The molecule has 1 amide bonds. The average Bonchev–Trinajstić information content (AvgIpc) is 2.73. The van der Waals surface area contributed by atoms with Crippen molar-refractivity contribution in [3.8, 4) is 5.75 Å². The molecule has 3 aromatic carbocycles. The standard InChI is InChI=1S/C21H17N3O4/c25-21(18-9-5-10-19(13-18)24(26)27)23-22-14-17-8-4-11-20(12-17)28-15-16-6-2-1-3-7-16/h1-14H,15H2,(H,23,25)/b22-14+. The van der Waals surface area contributed by atoms with E-state index in [1.54, 1.807) is 6.07 Å². The van der Waals surface area contributed by atoms with E-state index in [0.717, 1.165) is 11.1 Å². The summed E-state index contributed by atoms with van der Waals surface area (Å²) in [5.41, 5.74) is 4.17. The normalized spacial score (nSPS) is 10.6. The maximum absolute atomic E-state index is 12.1. The number of nitrogens with one attached hydrogen (secondary N) is 1. The van der Waals surface area contributed by atoms with Crippen molar-refractivity contribution in [2.75, 3.05) is 0 Å². The fourth-order valence-corrected chi connectivity index (χ4v) is 2.42. The first kappa shape index (κ1) is 18.8. The number of rotatable bonds is 7. The smallest absolute Gasteiger partial charge is 0.271 e. The Kier molecular flexibility index (Phi) is 6.10. The number of nitro groups is 1. The van der Waals surface area contributed by atoms with Crippen molar-refractivity contribution in [3.05, 3.63) is 106 Å². The Morgan fingerprint density at radius 1 is 1.04 bits per heavy atom. The maximum Gasteiger partial charge on any atom is 0.271 e. The van der Waals surface area contributed by atoms with Gasteiger partial charge in [0.2, 0.25) is 0 Å². The highest BCUT2D eigenvalue weighted by Crippen LogP contribution is 2.15. The zero-order valence-corrected chi connectivity index (χ0v) is 14.8. The van der Waals surface area contributed by atoms with E-state index in [2.05, 4.69) is 10.5 Å². The Bertz CT molecular complexity index is 1000. The van der Waals surface area contributed by atoms with Crippen molar-refractivity contribution < 1.29 is 14.5 Å². The van der Waals surface area contributed by atoms with E-state index < -0.39 is 10.8 Å². The van der Waals surface area contributed by atoms with Gasteiger partial charge in [-0.1, -0.05) is 48.5 Å². The van der Waals surface area contributed by atoms with Crippen LogP contribution in [-0.2, 0) is 6.61 Å². The second kappa shape index (κ2) is 9.09. The van der Waals surface area contributed by atoms with Crippen LogP contribution in [0, 0.1) is 10.1 Å². The molecule has 0 saturated heterocycles. The second-order valence-corrected chi connectivity index (χ2v) is 5.85. The molecule has 0 aliphatic rings. The SMILES string of the molecule is O=C(N/N=C/c1cccc(OCc2ccccc2)c1)c1cccc([N+](=O)[O-])c1. The van der Waals surface area contributed by atoms with Gasteiger partial charge < -0.3 is 4.74 Å². The summed E-state index contributed by atoms with van der Waals surface area (Å²) in [4.78, 5) is 22.3. The predicted octanol–water partition coefficient (Wildman–Crippen LogP) is 3.94. The van der Waals surface area contributed by atoms with E-state index >= 15 is 0 Å². The minimum Gasteiger partial charge on any atom is -0.489 e. The number of nitro benzene ring substituents is 1. The fraction of sp³-hybridized carbons (Fsp3) is 0.0476. The monoisotopic (exact) mass is 375 g/mol. The molecule has 0 unspecified atom stereocenters. The van der Waals surface area contributed by atoms with Gasteiger partial charge in [-0.3, -0.25) is 14.9 Å². The van der Waals surface area contributed by atoms with Gasteiger partial charge in [-0.15, -0.1) is 0 Å². The third kappa shape index (κ3) is 5.25. The van der Waals surface area contributed by atoms with E-state index in [9.17, 15) is 14.9 Å². The van der Waals surface area contributed by atoms with Crippen molar-refractivity contribution in [1.82, 2.24) is 5.43 Å². The molecule has 0 aromatic heterocycles. The van der Waals surface area contributed by atoms with Crippen LogP contribution in [0.3, 0.4) is 0 Å². The van der Waals surface area contributed by atoms with Crippen molar-refractivity contribution in [2.45, 2.75) is 6.61 Å². The van der Waals surface area contributed by atoms with E-state index in [-0.39, 0.29) is 11.3 Å². The molecule has 0 aliphatic heterocycles. The number of carbonyl (C=O) groups excluding carboxylic acids is 1. The third-order valence-corrected chi connectivity index (χ3v) is 3.81. The summed E-state index contributed by atoms with van der Waals surface area (Å²) in [6, 6.07) is 22.5. The number of ether oxygens (including phenoxy) is 1. The lowest BCUT2D eigenvalue weighted by atomic mass is 10.2. The van der Waals surface area contributed by atoms with Gasteiger partial charge in [0, 0.05) is 17.7 Å². The van der Waals surface area contributed by atoms with Gasteiger partial charge in [-0.25, -0.2) is 5.43 Å². The van der Waals surface area contributed by atoms with Crippen LogP contribution < -0.4 is 10.2 Å². The van der Waals surface area contributed by atoms with Gasteiger partial charge in [-0.05, 0) is 29.3 Å². The lowest BCUT2D eigenvalue weighted by molar-refractivity contribution is -0.384. The van der Waals surface area contributed by atoms with Crippen LogP contribution in [0.2, 0.25) is 0 Å². The summed E-state index contributed by atoms with van der Waals surface area (Å²) in [5.74, 6) is 0.147. The molecular formula is C21H17N3O4. The largest absolute Gasteiger partial charge is 0.489 e. The summed E-state index contributed by atoms with van der Waals surface area (Å²) in [6.07, 6.45) is 1.48. The van der Waals surface area contributed by atoms with Crippen LogP contribution in [-0.4, -0.2) is 17.0 Å². The molecule has 7 heteroatoms. The van der Waals surface area contributed by atoms with Crippen LogP contribution in [0.15, 0.2) is 84.0 Å². The first-order valence-electron chi connectivity index (χ1n) is 8.46. The molecule has 1 N–H and O–H groups in total. The summed E-state index contributed by atoms with van der Waals surface area (Å²) in [7, 11) is 0. The van der Waals surface area contributed by atoms with Gasteiger partial charge in [-0.2, -0.15) is 5.10 Å². The number of hydrazone groups is 1. The quantitative estimate of drug-likeness (QED) is 0.384. The van der Waals surface area contributed by atoms with Crippen molar-refractivity contribution in [2.24, 2.45) is 5.10 Å². The van der Waals surface area contributed by atoms with Gasteiger partial charge in [0.05, 0.1) is 11.1 Å².